The Bertz CT molecular complexity index is 723. The van der Waals surface area contributed by atoms with E-state index in [1.807, 2.05) is 6.07 Å². The van der Waals surface area contributed by atoms with Gasteiger partial charge < -0.3 is 5.32 Å². The first-order valence-corrected chi connectivity index (χ1v) is 9.49. The molecule has 1 aromatic heterocycles. The molecule has 136 valence electrons. The normalized spacial score (nSPS) is 17.6. The highest BCUT2D eigenvalue weighted by Gasteiger charge is 2.35. The van der Waals surface area contributed by atoms with Crippen LogP contribution in [0, 0.1) is 0 Å². The van der Waals surface area contributed by atoms with Gasteiger partial charge in [0.1, 0.15) is 0 Å². The molecule has 0 bridgehead atoms. The lowest BCUT2D eigenvalue weighted by atomic mass is 10.00. The molecule has 1 unspecified atom stereocenters. The first-order chi connectivity index (χ1) is 11.9. The molecular formula is C18H20ClF3N2S. The van der Waals surface area contributed by atoms with Gasteiger partial charge in [0.2, 0.25) is 0 Å². The van der Waals surface area contributed by atoms with Gasteiger partial charge in [0, 0.05) is 35.9 Å². The summed E-state index contributed by atoms with van der Waals surface area (Å²) >= 11 is 7.47. The van der Waals surface area contributed by atoms with E-state index in [0.29, 0.717) is 5.56 Å². The fourth-order valence-electron chi connectivity index (χ4n) is 3.16. The highest BCUT2D eigenvalue weighted by molar-refractivity contribution is 7.12. The van der Waals surface area contributed by atoms with E-state index in [1.165, 1.54) is 17.0 Å². The van der Waals surface area contributed by atoms with E-state index >= 15 is 0 Å². The maximum absolute atomic E-state index is 13.3. The maximum atomic E-state index is 13.3. The summed E-state index contributed by atoms with van der Waals surface area (Å²) in [6.07, 6.45) is -3.53. The summed E-state index contributed by atoms with van der Waals surface area (Å²) < 4.78 is 39.9. The van der Waals surface area contributed by atoms with Crippen LogP contribution in [0.25, 0.3) is 0 Å². The van der Waals surface area contributed by atoms with Crippen molar-refractivity contribution in [1.29, 1.82) is 0 Å². The molecule has 3 rings (SSSR count). The summed E-state index contributed by atoms with van der Waals surface area (Å²) in [6.45, 7) is 5.35. The molecule has 0 saturated carbocycles. The van der Waals surface area contributed by atoms with Gasteiger partial charge in [0.05, 0.1) is 16.6 Å². The van der Waals surface area contributed by atoms with Crippen LogP contribution in [0.1, 0.15) is 33.8 Å². The van der Waals surface area contributed by atoms with E-state index in [0.717, 1.165) is 37.5 Å². The lowest BCUT2D eigenvalue weighted by Gasteiger charge is -2.35. The van der Waals surface area contributed by atoms with Crippen molar-refractivity contribution in [3.05, 3.63) is 56.2 Å². The van der Waals surface area contributed by atoms with Crippen molar-refractivity contribution in [3.8, 4) is 0 Å². The van der Waals surface area contributed by atoms with Gasteiger partial charge in [-0.05, 0) is 36.2 Å². The molecule has 1 aliphatic rings. The first kappa shape index (κ1) is 18.7. The first-order valence-electron chi connectivity index (χ1n) is 8.30. The topological polar surface area (TPSA) is 15.3 Å². The fraction of sp³-hybridized carbons (Fsp3) is 0.444. The minimum atomic E-state index is -4.45. The largest absolute Gasteiger partial charge is 0.417 e. The summed E-state index contributed by atoms with van der Waals surface area (Å²) in [7, 11) is 0. The second kappa shape index (κ2) is 7.66. The van der Waals surface area contributed by atoms with E-state index < -0.39 is 11.7 Å². The molecule has 0 aliphatic carbocycles. The average molecular weight is 389 g/mol. The summed E-state index contributed by atoms with van der Waals surface area (Å²) in [4.78, 5) is 4.56. The monoisotopic (exact) mass is 388 g/mol. The van der Waals surface area contributed by atoms with Gasteiger partial charge in [-0.3, -0.25) is 4.90 Å². The Morgan fingerprint density at radius 1 is 1.20 bits per heavy atom. The van der Waals surface area contributed by atoms with Crippen LogP contribution in [0.4, 0.5) is 13.2 Å². The van der Waals surface area contributed by atoms with Crippen LogP contribution in [0.15, 0.2) is 30.3 Å². The molecule has 0 spiro atoms. The van der Waals surface area contributed by atoms with Crippen molar-refractivity contribution in [2.45, 2.75) is 25.6 Å². The molecule has 1 aliphatic heterocycles. The van der Waals surface area contributed by atoms with Crippen LogP contribution in [-0.2, 0) is 12.6 Å². The van der Waals surface area contributed by atoms with Crippen LogP contribution in [0.2, 0.25) is 5.02 Å². The molecule has 7 heteroatoms. The van der Waals surface area contributed by atoms with Crippen molar-refractivity contribution in [3.63, 3.8) is 0 Å². The Morgan fingerprint density at radius 2 is 1.92 bits per heavy atom. The number of piperazine rings is 1. The van der Waals surface area contributed by atoms with E-state index in [4.69, 9.17) is 11.6 Å². The molecule has 1 aromatic carbocycles. The Labute approximate surface area is 154 Å². The molecular weight excluding hydrogens is 369 g/mol. The summed E-state index contributed by atoms with van der Waals surface area (Å²) in [6, 6.07) is 8.22. The zero-order chi connectivity index (χ0) is 18.0. The Hall–Kier alpha value is -1.08. The number of nitrogens with one attached hydrogen (secondary N) is 1. The van der Waals surface area contributed by atoms with Crippen molar-refractivity contribution >= 4 is 22.9 Å². The number of hydrogen-bond donors (Lipinski definition) is 1. The van der Waals surface area contributed by atoms with Gasteiger partial charge >= 0.3 is 6.18 Å². The molecule has 0 radical (unpaired) electrons. The predicted octanol–water partition coefficient (Wildman–Crippen LogP) is 4.98. The third-order valence-electron chi connectivity index (χ3n) is 4.43. The molecule has 1 fully saturated rings. The Morgan fingerprint density at radius 3 is 2.52 bits per heavy atom. The summed E-state index contributed by atoms with van der Waals surface area (Å²) in [5, 5.41) is 3.04. The molecule has 2 heterocycles. The number of nitrogens with zero attached hydrogens (tertiary/aromatic N) is 1. The van der Waals surface area contributed by atoms with E-state index in [-0.39, 0.29) is 11.1 Å². The highest BCUT2D eigenvalue weighted by Crippen LogP contribution is 2.40. The smallest absolute Gasteiger partial charge is 0.314 e. The number of hydrogen-bond acceptors (Lipinski definition) is 3. The molecule has 2 nitrogen and oxygen atoms in total. The van der Waals surface area contributed by atoms with Crippen molar-refractivity contribution in [2.24, 2.45) is 0 Å². The molecule has 1 atom stereocenters. The lowest BCUT2D eigenvalue weighted by molar-refractivity contribution is -0.137. The Balaban J connectivity index is 2.04. The van der Waals surface area contributed by atoms with Crippen LogP contribution >= 0.6 is 22.9 Å². The van der Waals surface area contributed by atoms with Crippen molar-refractivity contribution < 1.29 is 13.2 Å². The van der Waals surface area contributed by atoms with Crippen molar-refractivity contribution in [2.75, 3.05) is 26.2 Å². The molecule has 2 aromatic rings. The molecule has 0 amide bonds. The van der Waals surface area contributed by atoms with Gasteiger partial charge in [-0.2, -0.15) is 13.2 Å². The number of aryl methyl sites for hydroxylation is 1. The van der Waals surface area contributed by atoms with Gasteiger partial charge in [0.25, 0.3) is 0 Å². The van der Waals surface area contributed by atoms with Gasteiger partial charge in [-0.1, -0.05) is 24.6 Å². The Kier molecular flexibility index (Phi) is 5.73. The maximum Gasteiger partial charge on any atom is 0.417 e. The zero-order valence-corrected chi connectivity index (χ0v) is 15.4. The van der Waals surface area contributed by atoms with E-state index in [2.05, 4.69) is 23.2 Å². The molecule has 25 heavy (non-hydrogen) atoms. The number of benzene rings is 1. The van der Waals surface area contributed by atoms with E-state index in [9.17, 15) is 13.2 Å². The summed E-state index contributed by atoms with van der Waals surface area (Å²) in [5.74, 6) is 0. The standard InChI is InChI=1S/C18H20ClF3N2S/c1-2-13-4-6-16(25-13)17(24-9-7-23-8-10-24)12-3-5-15(19)14(11-12)18(20,21)22/h3-6,11,17,23H,2,7-10H2,1H3. The van der Waals surface area contributed by atoms with Crippen LogP contribution in [0.5, 0.6) is 0 Å². The zero-order valence-electron chi connectivity index (χ0n) is 13.9. The quantitative estimate of drug-likeness (QED) is 0.794. The third kappa shape index (κ3) is 4.19. The number of halogens is 4. The number of alkyl halides is 3. The SMILES string of the molecule is CCc1ccc(C(c2ccc(Cl)c(C(F)(F)F)c2)N2CCNCC2)s1. The average Bonchev–Trinajstić information content (AvgIpc) is 3.05. The lowest BCUT2D eigenvalue weighted by Crippen LogP contribution is -2.45. The van der Waals surface area contributed by atoms with Crippen LogP contribution in [-0.4, -0.2) is 31.1 Å². The van der Waals surface area contributed by atoms with Gasteiger partial charge in [-0.15, -0.1) is 11.3 Å². The van der Waals surface area contributed by atoms with Crippen molar-refractivity contribution in [1.82, 2.24) is 10.2 Å². The fourth-order valence-corrected chi connectivity index (χ4v) is 4.50. The molecule has 1 N–H and O–H groups in total. The second-order valence-electron chi connectivity index (χ2n) is 6.08. The van der Waals surface area contributed by atoms with Crippen LogP contribution in [0.3, 0.4) is 0 Å². The van der Waals surface area contributed by atoms with Crippen LogP contribution < -0.4 is 5.32 Å². The minimum Gasteiger partial charge on any atom is -0.314 e. The minimum absolute atomic E-state index is 0.175. The number of rotatable bonds is 4. The molecule has 1 saturated heterocycles. The second-order valence-corrected chi connectivity index (χ2v) is 7.69. The predicted molar refractivity (Wildman–Crippen MR) is 96.4 cm³/mol. The number of thiophene rings is 1. The summed E-state index contributed by atoms with van der Waals surface area (Å²) in [5.41, 5.74) is -0.123. The highest BCUT2D eigenvalue weighted by atomic mass is 35.5. The van der Waals surface area contributed by atoms with Gasteiger partial charge in [0.15, 0.2) is 0 Å². The third-order valence-corrected chi connectivity index (χ3v) is 6.04. The van der Waals surface area contributed by atoms with Gasteiger partial charge in [-0.25, -0.2) is 0 Å². The van der Waals surface area contributed by atoms with E-state index in [1.54, 1.807) is 17.4 Å².